The van der Waals surface area contributed by atoms with Gasteiger partial charge in [-0.3, -0.25) is 4.68 Å². The quantitative estimate of drug-likeness (QED) is 0.793. The Bertz CT molecular complexity index is 359. The number of nitrogens with zero attached hydrogens (tertiary/aromatic N) is 2. The van der Waals surface area contributed by atoms with E-state index in [4.69, 9.17) is 10.5 Å². The van der Waals surface area contributed by atoms with Crippen LogP contribution in [0.4, 0.5) is 5.69 Å². The third-order valence-electron chi connectivity index (χ3n) is 3.08. The molecule has 1 aromatic heterocycles. The average molecular weight is 223 g/mol. The van der Waals surface area contributed by atoms with Gasteiger partial charge in [0, 0.05) is 19.1 Å². The van der Waals surface area contributed by atoms with Gasteiger partial charge in [0.1, 0.15) is 0 Å². The number of hydrogen-bond donors (Lipinski definition) is 1. The minimum absolute atomic E-state index is 0.00867. The highest BCUT2D eigenvalue weighted by atomic mass is 16.5. The predicted octanol–water partition coefficient (Wildman–Crippen LogP) is 2.11. The molecule has 1 aromatic rings. The summed E-state index contributed by atoms with van der Waals surface area (Å²) in [5.74, 6) is 0.496. The molecule has 0 amide bonds. The van der Waals surface area contributed by atoms with E-state index >= 15 is 0 Å². The first-order chi connectivity index (χ1) is 7.50. The van der Waals surface area contributed by atoms with Crippen LogP contribution in [0.2, 0.25) is 0 Å². The molecule has 0 radical (unpaired) electrons. The van der Waals surface area contributed by atoms with Gasteiger partial charge in [-0.2, -0.15) is 5.10 Å². The van der Waals surface area contributed by atoms with Crippen LogP contribution in [0.3, 0.4) is 0 Å². The fourth-order valence-corrected chi connectivity index (χ4v) is 2.28. The largest absolute Gasteiger partial charge is 0.396 e. The van der Waals surface area contributed by atoms with Crippen LogP contribution in [0, 0.1) is 0 Å². The van der Waals surface area contributed by atoms with Crippen molar-refractivity contribution in [2.45, 2.75) is 45.1 Å². The highest BCUT2D eigenvalue weighted by molar-refractivity contribution is 5.43. The number of aromatic nitrogens is 2. The minimum Gasteiger partial charge on any atom is -0.396 e. The van der Waals surface area contributed by atoms with Crippen molar-refractivity contribution in [2.75, 3.05) is 18.9 Å². The Morgan fingerprint density at radius 3 is 2.56 bits per heavy atom. The Hall–Kier alpha value is -1.03. The number of nitrogen functional groups attached to an aromatic ring is 1. The molecule has 0 bridgehead atoms. The van der Waals surface area contributed by atoms with Gasteiger partial charge in [-0.05, 0) is 33.6 Å². The predicted molar refractivity (Wildman–Crippen MR) is 64.4 cm³/mol. The van der Waals surface area contributed by atoms with Crippen LogP contribution >= 0.6 is 0 Å². The molecule has 4 nitrogen and oxygen atoms in total. The first-order valence-corrected chi connectivity index (χ1v) is 5.92. The monoisotopic (exact) mass is 223 g/mol. The summed E-state index contributed by atoms with van der Waals surface area (Å²) in [6.07, 6.45) is 3.87. The van der Waals surface area contributed by atoms with E-state index in [0.717, 1.165) is 31.7 Å². The summed E-state index contributed by atoms with van der Waals surface area (Å²) in [4.78, 5) is 0. The van der Waals surface area contributed by atoms with E-state index < -0.39 is 0 Å². The molecular formula is C12H21N3O. The maximum atomic E-state index is 6.04. The first-order valence-electron chi connectivity index (χ1n) is 5.92. The van der Waals surface area contributed by atoms with E-state index in [0.29, 0.717) is 5.92 Å². The number of anilines is 1. The van der Waals surface area contributed by atoms with Gasteiger partial charge in [0.05, 0.1) is 23.1 Å². The lowest BCUT2D eigenvalue weighted by Crippen LogP contribution is -2.28. The van der Waals surface area contributed by atoms with E-state index in [1.807, 2.05) is 0 Å². The molecule has 0 aromatic carbocycles. The van der Waals surface area contributed by atoms with Gasteiger partial charge in [0.25, 0.3) is 0 Å². The highest BCUT2D eigenvalue weighted by Gasteiger charge is 2.27. The van der Waals surface area contributed by atoms with Crippen LogP contribution in [-0.4, -0.2) is 23.0 Å². The summed E-state index contributed by atoms with van der Waals surface area (Å²) >= 11 is 0. The zero-order valence-corrected chi connectivity index (χ0v) is 10.4. The molecule has 0 saturated carbocycles. The number of nitrogens with two attached hydrogens (primary N) is 1. The lowest BCUT2D eigenvalue weighted by Gasteiger charge is -2.29. The summed E-state index contributed by atoms with van der Waals surface area (Å²) in [7, 11) is 0. The number of ether oxygens (including phenoxy) is 1. The molecule has 2 rings (SSSR count). The van der Waals surface area contributed by atoms with Gasteiger partial charge < -0.3 is 10.5 Å². The molecule has 1 saturated heterocycles. The summed E-state index contributed by atoms with van der Waals surface area (Å²) in [6.45, 7) is 8.13. The summed E-state index contributed by atoms with van der Waals surface area (Å²) in [6, 6.07) is 0. The summed E-state index contributed by atoms with van der Waals surface area (Å²) in [5.41, 5.74) is 8.05. The minimum atomic E-state index is -0.00867. The molecular weight excluding hydrogens is 202 g/mol. The van der Waals surface area contributed by atoms with Crippen molar-refractivity contribution in [3.05, 3.63) is 11.9 Å². The molecule has 2 heterocycles. The smallest absolute Gasteiger partial charge is 0.0736 e. The molecule has 0 unspecified atom stereocenters. The second-order valence-corrected chi connectivity index (χ2v) is 5.45. The van der Waals surface area contributed by atoms with E-state index in [-0.39, 0.29) is 5.54 Å². The van der Waals surface area contributed by atoms with Gasteiger partial charge in [0.15, 0.2) is 0 Å². The lowest BCUT2D eigenvalue weighted by atomic mass is 9.94. The van der Waals surface area contributed by atoms with Crippen LogP contribution in [0.5, 0.6) is 0 Å². The molecule has 90 valence electrons. The fraction of sp³-hybridized carbons (Fsp3) is 0.750. The molecule has 16 heavy (non-hydrogen) atoms. The summed E-state index contributed by atoms with van der Waals surface area (Å²) in [5, 5.41) is 4.41. The molecule has 2 N–H and O–H groups in total. The van der Waals surface area contributed by atoms with E-state index in [1.54, 1.807) is 6.20 Å². The molecule has 0 aliphatic carbocycles. The van der Waals surface area contributed by atoms with Crippen molar-refractivity contribution in [1.82, 2.24) is 9.78 Å². The van der Waals surface area contributed by atoms with Gasteiger partial charge in [0.2, 0.25) is 0 Å². The van der Waals surface area contributed by atoms with Crippen LogP contribution in [0.15, 0.2) is 6.20 Å². The third-order valence-corrected chi connectivity index (χ3v) is 3.08. The second-order valence-electron chi connectivity index (χ2n) is 5.45. The lowest BCUT2D eigenvalue weighted by molar-refractivity contribution is 0.0825. The highest BCUT2D eigenvalue weighted by Crippen LogP contribution is 2.33. The van der Waals surface area contributed by atoms with E-state index in [1.165, 1.54) is 5.69 Å². The SMILES string of the molecule is CC(C)(C)n1ncc(N)c1C1CCOCC1. The van der Waals surface area contributed by atoms with Crippen molar-refractivity contribution in [3.63, 3.8) is 0 Å². The number of hydrogen-bond acceptors (Lipinski definition) is 3. The Morgan fingerprint density at radius 2 is 2.00 bits per heavy atom. The Balaban J connectivity index is 2.34. The first kappa shape index (κ1) is 11.5. The summed E-state index contributed by atoms with van der Waals surface area (Å²) < 4.78 is 7.46. The standard InChI is InChI=1S/C12H21N3O/c1-12(2,3)15-11(10(13)8-14-15)9-4-6-16-7-5-9/h8-9H,4-7,13H2,1-3H3. The van der Waals surface area contributed by atoms with Crippen molar-refractivity contribution >= 4 is 5.69 Å². The number of rotatable bonds is 1. The van der Waals surface area contributed by atoms with Crippen LogP contribution < -0.4 is 5.73 Å². The normalized spacial score (nSPS) is 18.9. The molecule has 1 aliphatic heterocycles. The van der Waals surface area contributed by atoms with Crippen LogP contribution in [-0.2, 0) is 10.3 Å². The van der Waals surface area contributed by atoms with Gasteiger partial charge >= 0.3 is 0 Å². The maximum absolute atomic E-state index is 6.04. The zero-order valence-electron chi connectivity index (χ0n) is 10.4. The van der Waals surface area contributed by atoms with Gasteiger partial charge in [-0.1, -0.05) is 0 Å². The van der Waals surface area contributed by atoms with Crippen molar-refractivity contribution in [2.24, 2.45) is 0 Å². The zero-order chi connectivity index (χ0) is 11.8. The van der Waals surface area contributed by atoms with Gasteiger partial charge in [-0.25, -0.2) is 0 Å². The molecule has 4 heteroatoms. The van der Waals surface area contributed by atoms with E-state index in [2.05, 4.69) is 30.6 Å². The van der Waals surface area contributed by atoms with E-state index in [9.17, 15) is 0 Å². The molecule has 0 atom stereocenters. The topological polar surface area (TPSA) is 53.1 Å². The molecule has 1 aliphatic rings. The second kappa shape index (κ2) is 4.09. The third kappa shape index (κ3) is 2.07. The Morgan fingerprint density at radius 1 is 1.38 bits per heavy atom. The van der Waals surface area contributed by atoms with Crippen molar-refractivity contribution in [3.8, 4) is 0 Å². The van der Waals surface area contributed by atoms with Crippen molar-refractivity contribution < 1.29 is 4.74 Å². The van der Waals surface area contributed by atoms with Crippen LogP contribution in [0.25, 0.3) is 0 Å². The van der Waals surface area contributed by atoms with Crippen molar-refractivity contribution in [1.29, 1.82) is 0 Å². The average Bonchev–Trinajstić information content (AvgIpc) is 2.61. The fourth-order valence-electron chi connectivity index (χ4n) is 2.28. The maximum Gasteiger partial charge on any atom is 0.0736 e. The molecule has 0 spiro atoms. The van der Waals surface area contributed by atoms with Crippen LogP contribution in [0.1, 0.15) is 45.2 Å². The van der Waals surface area contributed by atoms with Gasteiger partial charge in [-0.15, -0.1) is 0 Å². The Kier molecular flexibility index (Phi) is 2.93. The molecule has 1 fully saturated rings. The Labute approximate surface area is 96.8 Å².